The zero-order valence-electron chi connectivity index (χ0n) is 35.2. The molecule has 2 saturated heterocycles. The van der Waals surface area contributed by atoms with Gasteiger partial charge < -0.3 is 19.3 Å². The predicted octanol–water partition coefficient (Wildman–Crippen LogP) is 6.72. The Balaban J connectivity index is 0.000000277. The Bertz CT molecular complexity index is 2050. The summed E-state index contributed by atoms with van der Waals surface area (Å²) < 4.78 is 10.9. The van der Waals surface area contributed by atoms with Crippen LogP contribution in [0.4, 0.5) is 9.59 Å². The first-order valence-electron chi connectivity index (χ1n) is 18.9. The average Bonchev–Trinajstić information content (AvgIpc) is 3.74. The molecule has 22 heteroatoms. The van der Waals surface area contributed by atoms with Crippen LogP contribution in [0.25, 0.3) is 10.6 Å². The number of hydrazine groups is 1. The molecule has 3 aromatic rings. The van der Waals surface area contributed by atoms with E-state index in [9.17, 15) is 19.2 Å². The van der Waals surface area contributed by atoms with Crippen LogP contribution in [0, 0.1) is 13.8 Å². The summed E-state index contributed by atoms with van der Waals surface area (Å²) in [6.45, 7) is 22.3. The summed E-state index contributed by atoms with van der Waals surface area (Å²) in [7, 11) is 6.83. The number of rotatable bonds is 9. The number of aromatic nitrogens is 2. The van der Waals surface area contributed by atoms with Crippen molar-refractivity contribution in [3.63, 3.8) is 0 Å². The molecule has 4 amide bonds. The summed E-state index contributed by atoms with van der Waals surface area (Å²) in [4.78, 5) is 55.1. The van der Waals surface area contributed by atoms with Crippen molar-refractivity contribution in [1.29, 1.82) is 0 Å². The lowest BCUT2D eigenvalue weighted by Gasteiger charge is -2.35. The van der Waals surface area contributed by atoms with Crippen LogP contribution in [0.1, 0.15) is 74.2 Å². The number of hydrogen-bond donors (Lipinski definition) is 2. The first-order valence-corrected chi connectivity index (χ1v) is 28.3. The Morgan fingerprint density at radius 3 is 1.82 bits per heavy atom. The number of nitrogens with one attached hydrogen (secondary N) is 2. The number of piperazine rings is 2. The van der Waals surface area contributed by atoms with Crippen molar-refractivity contribution >= 4 is 100 Å². The number of aryl methyl sites for hydroxylation is 2. The van der Waals surface area contributed by atoms with Crippen LogP contribution in [0.15, 0.2) is 41.9 Å². The molecule has 14 nitrogen and oxygen atoms in total. The Labute approximate surface area is 379 Å². The quantitative estimate of drug-likeness (QED) is 0.133. The molecule has 1 aromatic heterocycles. The van der Waals surface area contributed by atoms with Crippen LogP contribution >= 0.6 is 25.4 Å². The highest BCUT2D eigenvalue weighted by Crippen LogP contribution is 2.28. The lowest BCUT2D eigenvalue weighted by atomic mass is 10.0. The van der Waals surface area contributed by atoms with E-state index in [0.717, 1.165) is 48.4 Å². The van der Waals surface area contributed by atoms with Crippen molar-refractivity contribution < 1.29 is 28.7 Å². The third-order valence-electron chi connectivity index (χ3n) is 8.57. The molecule has 2 fully saturated rings. The van der Waals surface area contributed by atoms with Crippen molar-refractivity contribution in [1.82, 2.24) is 40.6 Å². The minimum absolute atomic E-state index is 0.220. The number of amides is 4. The highest BCUT2D eigenvalue weighted by Gasteiger charge is 2.28. The van der Waals surface area contributed by atoms with Gasteiger partial charge in [0.1, 0.15) is 21.7 Å². The van der Waals surface area contributed by atoms with E-state index >= 15 is 0 Å². The number of nitrogens with zero attached hydrogens (tertiary/aromatic N) is 6. The molecule has 60 heavy (non-hydrogen) atoms. The second kappa shape index (κ2) is 25.9. The van der Waals surface area contributed by atoms with Crippen molar-refractivity contribution in [2.45, 2.75) is 79.7 Å². The lowest BCUT2D eigenvalue weighted by Crippen LogP contribution is -2.49. The van der Waals surface area contributed by atoms with Crippen LogP contribution in [0.5, 0.6) is 0 Å². The molecule has 2 aliphatic rings. The fourth-order valence-corrected chi connectivity index (χ4v) is 16.1. The summed E-state index contributed by atoms with van der Waals surface area (Å²) in [6, 6.07) is 12.2. The van der Waals surface area contributed by atoms with Crippen LogP contribution in [0.3, 0.4) is 0 Å². The van der Waals surface area contributed by atoms with E-state index in [-0.39, 0.29) is 18.1 Å². The van der Waals surface area contributed by atoms with Crippen molar-refractivity contribution in [2.75, 3.05) is 52.4 Å². The summed E-state index contributed by atoms with van der Waals surface area (Å²) in [5.74, 6) is -0.354. The Morgan fingerprint density at radius 2 is 1.35 bits per heavy atom. The first-order chi connectivity index (χ1) is 28.4. The summed E-state index contributed by atoms with van der Waals surface area (Å²) >= 11 is 10.8. The molecule has 0 unspecified atom stereocenters. The molecule has 5 rings (SSSR count). The molecule has 2 aromatic carbocycles. The van der Waals surface area contributed by atoms with Gasteiger partial charge in [0.15, 0.2) is 0 Å². The average molecular weight is 973 g/mol. The van der Waals surface area contributed by atoms with Gasteiger partial charge in [-0.1, -0.05) is 46.7 Å². The third-order valence-corrected chi connectivity index (χ3v) is 19.3. The monoisotopic (exact) mass is 972 g/mol. The Hall–Kier alpha value is -2.90. The van der Waals surface area contributed by atoms with Crippen LogP contribution in [-0.2, 0) is 77.6 Å². The van der Waals surface area contributed by atoms with Gasteiger partial charge >= 0.3 is 12.2 Å². The van der Waals surface area contributed by atoms with Crippen molar-refractivity contribution in [3.05, 3.63) is 69.7 Å². The minimum Gasteiger partial charge on any atom is -0.444 e. The maximum atomic E-state index is 12.3. The summed E-state index contributed by atoms with van der Waals surface area (Å²) in [6.07, 6.45) is -0.0944. The van der Waals surface area contributed by atoms with Crippen molar-refractivity contribution in [2.24, 2.45) is 0 Å². The van der Waals surface area contributed by atoms with Gasteiger partial charge in [-0.2, -0.15) is 0 Å². The highest BCUT2D eigenvalue weighted by molar-refractivity contribution is 8.63. The number of carbonyl (C=O) groups is 4. The molecule has 328 valence electrons. The van der Waals surface area contributed by atoms with Gasteiger partial charge in [0.2, 0.25) is 6.41 Å². The maximum absolute atomic E-state index is 12.3. The Morgan fingerprint density at radius 1 is 0.833 bits per heavy atom. The van der Waals surface area contributed by atoms with Gasteiger partial charge in [-0.3, -0.25) is 30.2 Å². The molecule has 2 aliphatic heterocycles. The summed E-state index contributed by atoms with van der Waals surface area (Å²) in [5, 5.41) is 9.16. The summed E-state index contributed by atoms with van der Waals surface area (Å²) in [5.41, 5.74) is 11.3. The molecular formula is C38H54N8O6P2S6. The van der Waals surface area contributed by atoms with E-state index < -0.39 is 11.2 Å². The van der Waals surface area contributed by atoms with E-state index in [4.69, 9.17) is 9.47 Å². The van der Waals surface area contributed by atoms with E-state index in [1.54, 1.807) is 51.1 Å². The zero-order chi connectivity index (χ0) is 44.3. The fourth-order valence-electron chi connectivity index (χ4n) is 5.87. The number of benzene rings is 2. The normalized spacial score (nSPS) is 14.7. The largest absolute Gasteiger partial charge is 0.444 e. The van der Waals surface area contributed by atoms with Gasteiger partial charge in [-0.05, 0) is 129 Å². The third kappa shape index (κ3) is 19.0. The van der Waals surface area contributed by atoms with Gasteiger partial charge in [-0.25, -0.2) is 9.59 Å². The zero-order valence-corrected chi connectivity index (χ0v) is 41.9. The van der Waals surface area contributed by atoms with E-state index in [1.165, 1.54) is 27.1 Å². The second-order valence-corrected chi connectivity index (χ2v) is 26.2. The molecule has 0 bridgehead atoms. The fraction of sp³-hybridized carbons (Fsp3) is 0.526. The smallest absolute Gasteiger partial charge is 0.410 e. The molecule has 2 N–H and O–H groups in total. The molecule has 0 aliphatic carbocycles. The second-order valence-electron chi connectivity index (χ2n) is 15.6. The molecular weight excluding hydrogens is 919 g/mol. The lowest BCUT2D eigenvalue weighted by molar-refractivity contribution is -0.110. The van der Waals surface area contributed by atoms with Crippen LogP contribution in [-0.4, -0.2) is 118 Å². The SMILES string of the molecule is Cc1ccc(CN2CCN(C(=O)OC(C)(C)C)CC2)c(-c2nncs2)c1.Cc1ccc(CN2CCN(C(=O)OC(C)(C)C)CC2)c(C(=O)NNC=O)c1.S=PP=S=S=S=S. The number of hydrogen-bond acceptors (Lipinski definition) is 13. The highest BCUT2D eigenvalue weighted by atomic mass is 33.3. The van der Waals surface area contributed by atoms with Gasteiger partial charge in [0, 0.05) is 90.7 Å². The predicted molar refractivity (Wildman–Crippen MR) is 255 cm³/mol. The van der Waals surface area contributed by atoms with Crippen LogP contribution in [0.2, 0.25) is 0 Å². The minimum atomic E-state index is -0.506. The molecule has 0 spiro atoms. The van der Waals surface area contributed by atoms with Gasteiger partial charge in [-0.15, -0.1) is 10.2 Å². The Kier molecular flexibility index (Phi) is 22.2. The maximum Gasteiger partial charge on any atom is 0.410 e. The van der Waals surface area contributed by atoms with Gasteiger partial charge in [0.25, 0.3) is 5.91 Å². The van der Waals surface area contributed by atoms with E-state index in [1.807, 2.05) is 60.6 Å². The van der Waals surface area contributed by atoms with E-state index in [2.05, 4.69) is 79.0 Å². The first kappa shape index (κ1) is 51.5. The van der Waals surface area contributed by atoms with Crippen LogP contribution < -0.4 is 10.9 Å². The number of carbonyl (C=O) groups excluding carboxylic acids is 4. The van der Waals surface area contributed by atoms with E-state index in [0.29, 0.717) is 57.8 Å². The molecule has 0 radical (unpaired) electrons. The standard InChI is InChI=1S/C19H28N4O4.C19H26N4O2S.P2S5/c1-14-5-6-15(16(11-14)17(25)21-20-13-24)12-22-7-9-23(10-8-22)18(26)27-19(2,3)4;1-14-5-6-15(16(11-14)17-21-20-13-26-17)12-22-7-9-23(10-8-22)18(24)25-19(2,3)4;3-1-2-5-7-6-4/h5-6,11,13H,7-10,12H2,1-4H3,(H,20,24)(H,21,25);5-6,11,13H,7-10,12H2,1-4H3;. The van der Waals surface area contributed by atoms with Gasteiger partial charge in [0.05, 0.1) is 0 Å². The topological polar surface area (TPSA) is 150 Å². The molecule has 0 saturated carbocycles. The molecule has 0 atom stereocenters. The number of ether oxygens (including phenoxy) is 2. The van der Waals surface area contributed by atoms with Crippen molar-refractivity contribution in [3.8, 4) is 10.6 Å². The molecule has 3 heterocycles.